The molecular formula is C19H21FN2O5S. The summed E-state index contributed by atoms with van der Waals surface area (Å²) in [6.07, 6.45) is 1.39. The molecule has 2 N–H and O–H groups in total. The highest BCUT2D eigenvalue weighted by atomic mass is 32.3. The van der Waals surface area contributed by atoms with Crippen molar-refractivity contribution in [3.63, 3.8) is 0 Å². The molecule has 0 aliphatic carbocycles. The van der Waals surface area contributed by atoms with Crippen LogP contribution in [0.4, 0.5) is 9.57 Å². The van der Waals surface area contributed by atoms with E-state index in [0.717, 1.165) is 18.7 Å². The van der Waals surface area contributed by atoms with Gasteiger partial charge >= 0.3 is 10.5 Å². The number of phenolic OH excluding ortho intramolecular Hbond substituents is 1. The molecule has 150 valence electrons. The van der Waals surface area contributed by atoms with E-state index in [-0.39, 0.29) is 23.3 Å². The van der Waals surface area contributed by atoms with Gasteiger partial charge in [0, 0.05) is 12.5 Å². The van der Waals surface area contributed by atoms with Crippen LogP contribution in [0.15, 0.2) is 48.5 Å². The lowest BCUT2D eigenvalue weighted by atomic mass is 9.95. The van der Waals surface area contributed by atoms with Crippen molar-refractivity contribution in [2.75, 3.05) is 18.4 Å². The molecule has 1 aliphatic rings. The number of aromatic hydroxyl groups is 1. The molecule has 2 aromatic rings. The van der Waals surface area contributed by atoms with Crippen LogP contribution in [0.25, 0.3) is 0 Å². The van der Waals surface area contributed by atoms with Crippen molar-refractivity contribution in [2.24, 2.45) is 5.92 Å². The van der Waals surface area contributed by atoms with Gasteiger partial charge in [0.1, 0.15) is 11.5 Å². The van der Waals surface area contributed by atoms with E-state index >= 15 is 0 Å². The van der Waals surface area contributed by atoms with E-state index < -0.39 is 10.5 Å². The molecule has 2 aromatic carbocycles. The molecule has 7 nitrogen and oxygen atoms in total. The second kappa shape index (κ2) is 8.57. The number of piperidine rings is 1. The average Bonchev–Trinajstić information content (AvgIpc) is 2.64. The summed E-state index contributed by atoms with van der Waals surface area (Å²) in [6, 6.07) is 12.8. The van der Waals surface area contributed by atoms with Gasteiger partial charge in [-0.15, -0.1) is 0 Å². The predicted octanol–water partition coefficient (Wildman–Crippen LogP) is 2.84. The number of carbonyl (C=O) groups is 1. The topological polar surface area (TPSA) is 95.9 Å². The Morgan fingerprint density at radius 2 is 1.79 bits per heavy atom. The van der Waals surface area contributed by atoms with Crippen molar-refractivity contribution in [1.29, 1.82) is 0 Å². The summed E-state index contributed by atoms with van der Waals surface area (Å²) in [6.45, 7) is 2.10. The van der Waals surface area contributed by atoms with E-state index in [0.29, 0.717) is 25.1 Å². The van der Waals surface area contributed by atoms with Crippen LogP contribution in [0, 0.1) is 5.92 Å². The van der Waals surface area contributed by atoms with E-state index in [9.17, 15) is 22.2 Å². The van der Waals surface area contributed by atoms with Crippen molar-refractivity contribution in [2.45, 2.75) is 19.4 Å². The van der Waals surface area contributed by atoms with Crippen LogP contribution in [0.2, 0.25) is 0 Å². The number of nitrogens with one attached hydrogen (secondary N) is 1. The number of halogens is 1. The monoisotopic (exact) mass is 408 g/mol. The number of nitrogens with zero attached hydrogens (tertiary/aromatic N) is 1. The summed E-state index contributed by atoms with van der Waals surface area (Å²) in [4.78, 5) is 14.6. The molecule has 0 radical (unpaired) electrons. The molecule has 0 aromatic heterocycles. The van der Waals surface area contributed by atoms with Gasteiger partial charge in [-0.05, 0) is 55.8 Å². The van der Waals surface area contributed by atoms with E-state index in [1.54, 1.807) is 30.3 Å². The Bertz CT molecular complexity index is 926. The molecule has 0 bridgehead atoms. The Morgan fingerprint density at radius 1 is 1.14 bits per heavy atom. The van der Waals surface area contributed by atoms with Gasteiger partial charge in [-0.3, -0.25) is 9.69 Å². The Morgan fingerprint density at radius 3 is 2.39 bits per heavy atom. The second-order valence-corrected chi connectivity index (χ2v) is 7.63. The van der Waals surface area contributed by atoms with Gasteiger partial charge in [-0.25, -0.2) is 0 Å². The Kier molecular flexibility index (Phi) is 6.15. The standard InChI is InChI=1S/C19H21FN2O5S/c20-28(25,26)27-16-7-5-14(6-8-16)13-22-11-9-15(10-12-22)19(24)21-17-3-1-2-4-18(17)23/h1-8,15,23H,9-13H2,(H,21,24). The number of phenols is 1. The fraction of sp³-hybridized carbons (Fsp3) is 0.316. The van der Waals surface area contributed by atoms with Crippen LogP contribution in [-0.4, -0.2) is 37.4 Å². The Hall–Kier alpha value is -2.65. The smallest absolute Gasteiger partial charge is 0.488 e. The van der Waals surface area contributed by atoms with Crippen LogP contribution in [0.1, 0.15) is 18.4 Å². The first-order valence-corrected chi connectivity index (χ1v) is 10.2. The maximum absolute atomic E-state index is 12.5. The maximum Gasteiger partial charge on any atom is 0.488 e. The van der Waals surface area contributed by atoms with E-state index in [1.807, 2.05) is 0 Å². The third kappa shape index (κ3) is 5.67. The fourth-order valence-corrected chi connectivity index (χ4v) is 3.53. The lowest BCUT2D eigenvalue weighted by Gasteiger charge is -2.31. The van der Waals surface area contributed by atoms with Gasteiger partial charge in [0.25, 0.3) is 0 Å². The average molecular weight is 408 g/mol. The van der Waals surface area contributed by atoms with Gasteiger partial charge in [0.2, 0.25) is 5.91 Å². The molecule has 0 saturated carbocycles. The summed E-state index contributed by atoms with van der Waals surface area (Å²) in [5.41, 5.74) is 1.34. The molecule has 0 spiro atoms. The summed E-state index contributed by atoms with van der Waals surface area (Å²) >= 11 is 0. The van der Waals surface area contributed by atoms with Crippen molar-refractivity contribution in [3.05, 3.63) is 54.1 Å². The van der Waals surface area contributed by atoms with Crippen molar-refractivity contribution < 1.29 is 26.4 Å². The quantitative estimate of drug-likeness (QED) is 0.564. The summed E-state index contributed by atoms with van der Waals surface area (Å²) < 4.78 is 37.6. The van der Waals surface area contributed by atoms with Gasteiger partial charge in [0.05, 0.1) is 5.69 Å². The number of rotatable bonds is 6. The predicted molar refractivity (Wildman–Crippen MR) is 102 cm³/mol. The molecule has 9 heteroatoms. The molecule has 1 heterocycles. The van der Waals surface area contributed by atoms with Crippen LogP contribution >= 0.6 is 0 Å². The normalized spacial score (nSPS) is 15.9. The zero-order valence-corrected chi connectivity index (χ0v) is 15.9. The number of hydrogen-bond donors (Lipinski definition) is 2. The van der Waals surface area contributed by atoms with Crippen LogP contribution in [0.3, 0.4) is 0 Å². The fourth-order valence-electron chi connectivity index (χ4n) is 3.19. The third-order valence-electron chi connectivity index (χ3n) is 4.65. The van der Waals surface area contributed by atoms with E-state index in [2.05, 4.69) is 14.4 Å². The SMILES string of the molecule is O=C(Nc1ccccc1O)C1CCN(Cc2ccc(OS(=O)(=O)F)cc2)CC1. The van der Waals surface area contributed by atoms with Crippen molar-refractivity contribution >= 4 is 22.1 Å². The Labute approximate surface area is 163 Å². The van der Waals surface area contributed by atoms with Gasteiger partial charge < -0.3 is 14.6 Å². The largest absolute Gasteiger partial charge is 0.506 e. The molecule has 1 fully saturated rings. The molecule has 1 amide bonds. The van der Waals surface area contributed by atoms with Crippen molar-refractivity contribution in [1.82, 2.24) is 4.90 Å². The minimum Gasteiger partial charge on any atom is -0.506 e. The molecule has 0 atom stereocenters. The minimum absolute atomic E-state index is 0.0428. The highest BCUT2D eigenvalue weighted by molar-refractivity contribution is 7.81. The first kappa shape index (κ1) is 20.1. The van der Waals surface area contributed by atoms with Crippen LogP contribution in [0.5, 0.6) is 11.5 Å². The van der Waals surface area contributed by atoms with Crippen molar-refractivity contribution in [3.8, 4) is 11.5 Å². The minimum atomic E-state index is -5.02. The maximum atomic E-state index is 12.5. The summed E-state index contributed by atoms with van der Waals surface area (Å²) in [5, 5.41) is 12.5. The number of hydrogen-bond acceptors (Lipinski definition) is 6. The zero-order chi connectivity index (χ0) is 20.1. The molecule has 3 rings (SSSR count). The molecule has 28 heavy (non-hydrogen) atoms. The Balaban J connectivity index is 1.49. The number of para-hydroxylation sites is 2. The number of likely N-dealkylation sites (tertiary alicyclic amines) is 1. The lowest BCUT2D eigenvalue weighted by molar-refractivity contribution is -0.121. The summed E-state index contributed by atoms with van der Waals surface area (Å²) in [7, 11) is -5.02. The van der Waals surface area contributed by atoms with Crippen LogP contribution < -0.4 is 9.50 Å². The van der Waals surface area contributed by atoms with Gasteiger partial charge in [-0.2, -0.15) is 8.42 Å². The molecule has 1 saturated heterocycles. The zero-order valence-electron chi connectivity index (χ0n) is 15.0. The van der Waals surface area contributed by atoms with E-state index in [1.165, 1.54) is 18.2 Å². The number of carbonyl (C=O) groups excluding carboxylic acids is 1. The lowest BCUT2D eigenvalue weighted by Crippen LogP contribution is -2.37. The summed E-state index contributed by atoms with van der Waals surface area (Å²) in [5.74, 6) is -0.261. The first-order valence-electron chi connectivity index (χ1n) is 8.84. The first-order chi connectivity index (χ1) is 13.3. The van der Waals surface area contributed by atoms with E-state index in [4.69, 9.17) is 0 Å². The second-order valence-electron chi connectivity index (χ2n) is 6.68. The molecule has 1 aliphatic heterocycles. The number of benzene rings is 2. The highest BCUT2D eigenvalue weighted by Gasteiger charge is 2.25. The third-order valence-corrected chi connectivity index (χ3v) is 5.04. The van der Waals surface area contributed by atoms with Gasteiger partial charge in [0.15, 0.2) is 0 Å². The highest BCUT2D eigenvalue weighted by Crippen LogP contribution is 2.25. The molecule has 0 unspecified atom stereocenters. The molecular weight excluding hydrogens is 387 g/mol. The number of amides is 1. The van der Waals surface area contributed by atoms with Crippen LogP contribution in [-0.2, 0) is 21.8 Å². The number of anilines is 1. The van der Waals surface area contributed by atoms with Gasteiger partial charge in [-0.1, -0.05) is 28.2 Å².